The molecule has 1 saturated carbocycles. The van der Waals surface area contributed by atoms with Crippen LogP contribution in [0.25, 0.3) is 0 Å². The summed E-state index contributed by atoms with van der Waals surface area (Å²) < 4.78 is 0. The SMILES string of the molecule is NC(=O)c1cc(NC2CC2N)ccn1. The van der Waals surface area contributed by atoms with Gasteiger partial charge in [0.2, 0.25) is 0 Å². The number of carbonyl (C=O) groups is 1. The number of anilines is 1. The van der Waals surface area contributed by atoms with Crippen LogP contribution in [0.15, 0.2) is 18.3 Å². The molecular weight excluding hydrogens is 180 g/mol. The minimum absolute atomic E-state index is 0.222. The van der Waals surface area contributed by atoms with Gasteiger partial charge in [-0.05, 0) is 18.6 Å². The molecule has 2 unspecified atom stereocenters. The summed E-state index contributed by atoms with van der Waals surface area (Å²) in [6.45, 7) is 0. The Morgan fingerprint density at radius 1 is 1.64 bits per heavy atom. The Balaban J connectivity index is 2.10. The van der Waals surface area contributed by atoms with Crippen LogP contribution in [0.4, 0.5) is 5.69 Å². The molecule has 1 fully saturated rings. The molecule has 5 heteroatoms. The normalized spacial score (nSPS) is 24.4. The van der Waals surface area contributed by atoms with Crippen LogP contribution in [-0.4, -0.2) is 23.0 Å². The molecule has 0 aliphatic heterocycles. The van der Waals surface area contributed by atoms with Gasteiger partial charge in [-0.1, -0.05) is 0 Å². The zero-order valence-electron chi connectivity index (χ0n) is 7.60. The third-order valence-corrected chi connectivity index (χ3v) is 2.20. The van der Waals surface area contributed by atoms with E-state index in [1.54, 1.807) is 18.3 Å². The van der Waals surface area contributed by atoms with E-state index in [1.807, 2.05) is 0 Å². The molecule has 0 bridgehead atoms. The number of hydrogen-bond acceptors (Lipinski definition) is 4. The summed E-state index contributed by atoms with van der Waals surface area (Å²) in [4.78, 5) is 14.7. The molecule has 0 radical (unpaired) electrons. The average molecular weight is 192 g/mol. The smallest absolute Gasteiger partial charge is 0.267 e. The van der Waals surface area contributed by atoms with Crippen LogP contribution >= 0.6 is 0 Å². The van der Waals surface area contributed by atoms with Gasteiger partial charge in [0.05, 0.1) is 0 Å². The molecule has 74 valence electrons. The summed E-state index contributed by atoms with van der Waals surface area (Å²) in [5, 5.41) is 3.19. The molecule has 1 aliphatic rings. The minimum atomic E-state index is -0.520. The van der Waals surface area contributed by atoms with E-state index in [0.29, 0.717) is 6.04 Å². The van der Waals surface area contributed by atoms with Gasteiger partial charge in [0.1, 0.15) is 5.69 Å². The van der Waals surface area contributed by atoms with Crippen molar-refractivity contribution in [2.45, 2.75) is 18.5 Å². The van der Waals surface area contributed by atoms with Crippen LogP contribution in [0.1, 0.15) is 16.9 Å². The van der Waals surface area contributed by atoms with E-state index in [-0.39, 0.29) is 11.7 Å². The van der Waals surface area contributed by atoms with Crippen molar-refractivity contribution in [3.63, 3.8) is 0 Å². The Morgan fingerprint density at radius 3 is 2.93 bits per heavy atom. The molecule has 1 aliphatic carbocycles. The summed E-state index contributed by atoms with van der Waals surface area (Å²) in [7, 11) is 0. The molecule has 0 aromatic carbocycles. The van der Waals surface area contributed by atoms with E-state index in [4.69, 9.17) is 11.5 Å². The van der Waals surface area contributed by atoms with Crippen LogP contribution in [0.2, 0.25) is 0 Å². The van der Waals surface area contributed by atoms with Crippen molar-refractivity contribution in [3.8, 4) is 0 Å². The molecule has 14 heavy (non-hydrogen) atoms. The fourth-order valence-corrected chi connectivity index (χ4v) is 1.25. The highest BCUT2D eigenvalue weighted by Gasteiger charge is 2.33. The number of aromatic nitrogens is 1. The molecular formula is C9H12N4O. The standard InChI is InChI=1S/C9H12N4O/c10-6-4-7(6)13-5-1-2-12-8(3-5)9(11)14/h1-3,6-7H,4,10H2,(H2,11,14)(H,12,13). The number of nitrogens with zero attached hydrogens (tertiary/aromatic N) is 1. The first-order chi connectivity index (χ1) is 6.66. The number of hydrogen-bond donors (Lipinski definition) is 3. The lowest BCUT2D eigenvalue weighted by atomic mass is 10.3. The van der Waals surface area contributed by atoms with Gasteiger partial charge >= 0.3 is 0 Å². The van der Waals surface area contributed by atoms with Gasteiger partial charge in [-0.25, -0.2) is 0 Å². The van der Waals surface area contributed by atoms with E-state index in [2.05, 4.69) is 10.3 Å². The molecule has 5 N–H and O–H groups in total. The lowest BCUT2D eigenvalue weighted by molar-refractivity contribution is 0.0995. The molecule has 2 atom stereocenters. The summed E-state index contributed by atoms with van der Waals surface area (Å²) >= 11 is 0. The lowest BCUT2D eigenvalue weighted by Crippen LogP contribution is -2.15. The average Bonchev–Trinajstić information content (AvgIpc) is 2.82. The first-order valence-corrected chi connectivity index (χ1v) is 4.45. The Labute approximate surface area is 81.5 Å². The first-order valence-electron chi connectivity index (χ1n) is 4.45. The largest absolute Gasteiger partial charge is 0.381 e. The van der Waals surface area contributed by atoms with Crippen molar-refractivity contribution in [1.29, 1.82) is 0 Å². The summed E-state index contributed by atoms with van der Waals surface area (Å²) in [6.07, 6.45) is 2.52. The molecule has 1 amide bonds. The van der Waals surface area contributed by atoms with Crippen molar-refractivity contribution >= 4 is 11.6 Å². The predicted molar refractivity (Wildman–Crippen MR) is 52.8 cm³/mol. The highest BCUT2D eigenvalue weighted by atomic mass is 16.1. The highest BCUT2D eigenvalue weighted by molar-refractivity contribution is 5.91. The van der Waals surface area contributed by atoms with Crippen LogP contribution in [0, 0.1) is 0 Å². The number of nitrogens with one attached hydrogen (secondary N) is 1. The number of primary amides is 1. The van der Waals surface area contributed by atoms with E-state index in [9.17, 15) is 4.79 Å². The predicted octanol–water partition coefficient (Wildman–Crippen LogP) is -0.308. The second-order valence-electron chi connectivity index (χ2n) is 3.44. The van der Waals surface area contributed by atoms with Gasteiger partial charge in [-0.15, -0.1) is 0 Å². The van der Waals surface area contributed by atoms with Crippen molar-refractivity contribution in [2.75, 3.05) is 5.32 Å². The Hall–Kier alpha value is -1.62. The molecule has 2 rings (SSSR count). The highest BCUT2D eigenvalue weighted by Crippen LogP contribution is 2.23. The molecule has 1 heterocycles. The van der Waals surface area contributed by atoms with Gasteiger partial charge in [-0.2, -0.15) is 0 Å². The third-order valence-electron chi connectivity index (χ3n) is 2.20. The third kappa shape index (κ3) is 1.82. The first kappa shape index (κ1) is 8.96. The van der Waals surface area contributed by atoms with Crippen molar-refractivity contribution in [3.05, 3.63) is 24.0 Å². The van der Waals surface area contributed by atoms with Crippen LogP contribution < -0.4 is 16.8 Å². The zero-order chi connectivity index (χ0) is 10.1. The van der Waals surface area contributed by atoms with Gasteiger partial charge < -0.3 is 16.8 Å². The van der Waals surface area contributed by atoms with E-state index in [1.165, 1.54) is 0 Å². The van der Waals surface area contributed by atoms with Crippen LogP contribution in [0.5, 0.6) is 0 Å². The Morgan fingerprint density at radius 2 is 2.36 bits per heavy atom. The number of nitrogens with two attached hydrogens (primary N) is 2. The summed E-state index contributed by atoms with van der Waals surface area (Å²) in [6, 6.07) is 3.96. The van der Waals surface area contributed by atoms with Crippen molar-refractivity contribution in [1.82, 2.24) is 4.98 Å². The number of carbonyl (C=O) groups excluding carboxylic acids is 1. The summed E-state index contributed by atoms with van der Waals surface area (Å²) in [5.74, 6) is -0.520. The van der Waals surface area contributed by atoms with Gasteiger partial charge in [-0.3, -0.25) is 9.78 Å². The number of pyridine rings is 1. The van der Waals surface area contributed by atoms with E-state index < -0.39 is 5.91 Å². The lowest BCUT2D eigenvalue weighted by Gasteiger charge is -2.04. The molecule has 0 spiro atoms. The molecule has 5 nitrogen and oxygen atoms in total. The monoisotopic (exact) mass is 192 g/mol. The fourth-order valence-electron chi connectivity index (χ4n) is 1.25. The number of rotatable bonds is 3. The maximum absolute atomic E-state index is 10.8. The van der Waals surface area contributed by atoms with E-state index in [0.717, 1.165) is 12.1 Å². The molecule has 1 aromatic rings. The second kappa shape index (κ2) is 3.26. The minimum Gasteiger partial charge on any atom is -0.381 e. The van der Waals surface area contributed by atoms with Crippen molar-refractivity contribution in [2.24, 2.45) is 11.5 Å². The maximum atomic E-state index is 10.8. The Bertz CT molecular complexity index is 366. The summed E-state index contributed by atoms with van der Waals surface area (Å²) in [5.41, 5.74) is 11.9. The zero-order valence-corrected chi connectivity index (χ0v) is 7.60. The molecule has 0 saturated heterocycles. The number of amides is 1. The van der Waals surface area contributed by atoms with Gasteiger partial charge in [0.15, 0.2) is 0 Å². The quantitative estimate of drug-likeness (QED) is 0.612. The van der Waals surface area contributed by atoms with Crippen LogP contribution in [-0.2, 0) is 0 Å². The van der Waals surface area contributed by atoms with Crippen molar-refractivity contribution < 1.29 is 4.79 Å². The topological polar surface area (TPSA) is 94.0 Å². The molecule has 1 aromatic heterocycles. The van der Waals surface area contributed by atoms with Gasteiger partial charge in [0, 0.05) is 24.0 Å². The fraction of sp³-hybridized carbons (Fsp3) is 0.333. The van der Waals surface area contributed by atoms with E-state index >= 15 is 0 Å². The maximum Gasteiger partial charge on any atom is 0.267 e. The van der Waals surface area contributed by atoms with Crippen LogP contribution in [0.3, 0.4) is 0 Å². The second-order valence-corrected chi connectivity index (χ2v) is 3.44. The Kier molecular flexibility index (Phi) is 2.09. The van der Waals surface area contributed by atoms with Gasteiger partial charge in [0.25, 0.3) is 5.91 Å².